The van der Waals surface area contributed by atoms with E-state index in [2.05, 4.69) is 38.9 Å². The molecule has 1 saturated carbocycles. The summed E-state index contributed by atoms with van der Waals surface area (Å²) in [6, 6.07) is 0.616. The van der Waals surface area contributed by atoms with Gasteiger partial charge in [0.25, 0.3) is 0 Å². The van der Waals surface area contributed by atoms with Gasteiger partial charge in [-0.25, -0.2) is 4.98 Å². The minimum absolute atomic E-state index is 0.616. The maximum Gasteiger partial charge on any atom is 0.228 e. The lowest BCUT2D eigenvalue weighted by Gasteiger charge is -2.17. The Morgan fingerprint density at radius 3 is 2.76 bits per heavy atom. The van der Waals surface area contributed by atoms with E-state index in [4.69, 9.17) is 4.98 Å². The summed E-state index contributed by atoms with van der Waals surface area (Å²) in [6.45, 7) is 6.79. The zero-order valence-electron chi connectivity index (χ0n) is 15.1. The molecular formula is C18H27N5S2. The average Bonchev–Trinajstić information content (AvgIpc) is 3.04. The molecule has 3 heterocycles. The highest BCUT2D eigenvalue weighted by Gasteiger charge is 2.32. The van der Waals surface area contributed by atoms with Crippen LogP contribution >= 0.6 is 23.1 Å². The van der Waals surface area contributed by atoms with Crippen LogP contribution < -0.4 is 4.90 Å². The third-order valence-electron chi connectivity index (χ3n) is 4.83. The van der Waals surface area contributed by atoms with Crippen LogP contribution in [0.4, 0.5) is 5.95 Å². The highest BCUT2D eigenvalue weighted by molar-refractivity contribution is 7.98. The minimum atomic E-state index is 0.616. The van der Waals surface area contributed by atoms with Crippen LogP contribution in [0.3, 0.4) is 0 Å². The first-order valence-corrected chi connectivity index (χ1v) is 11.3. The van der Waals surface area contributed by atoms with Crippen molar-refractivity contribution in [3.05, 3.63) is 16.1 Å². The second-order valence-electron chi connectivity index (χ2n) is 7.53. The lowest BCUT2D eigenvalue weighted by Crippen LogP contribution is -2.22. The van der Waals surface area contributed by atoms with Crippen LogP contribution in [-0.4, -0.2) is 32.8 Å². The second kappa shape index (κ2) is 7.66. The van der Waals surface area contributed by atoms with Crippen molar-refractivity contribution in [3.63, 3.8) is 0 Å². The molecule has 0 unspecified atom stereocenters. The van der Waals surface area contributed by atoms with Crippen molar-refractivity contribution in [2.24, 2.45) is 5.92 Å². The van der Waals surface area contributed by atoms with Crippen molar-refractivity contribution in [1.29, 1.82) is 0 Å². The summed E-state index contributed by atoms with van der Waals surface area (Å²) in [5.41, 5.74) is 1.18. The Labute approximate surface area is 158 Å². The van der Waals surface area contributed by atoms with E-state index in [-0.39, 0.29) is 0 Å². The number of hydrogen-bond acceptors (Lipinski definition) is 6. The molecule has 2 aliphatic rings. The highest BCUT2D eigenvalue weighted by atomic mass is 32.2. The van der Waals surface area contributed by atoms with Crippen LogP contribution in [0, 0.1) is 5.92 Å². The van der Waals surface area contributed by atoms with Gasteiger partial charge < -0.3 is 4.90 Å². The van der Waals surface area contributed by atoms with Crippen LogP contribution in [0.15, 0.2) is 10.5 Å². The summed E-state index contributed by atoms with van der Waals surface area (Å²) in [5, 5.41) is 13.6. The van der Waals surface area contributed by atoms with E-state index in [9.17, 15) is 0 Å². The van der Waals surface area contributed by atoms with Gasteiger partial charge in [0.05, 0.1) is 10.7 Å². The number of nitrogens with zero attached hydrogens (tertiary/aromatic N) is 5. The van der Waals surface area contributed by atoms with E-state index >= 15 is 0 Å². The third-order valence-corrected chi connectivity index (χ3v) is 6.77. The third kappa shape index (κ3) is 4.19. The molecule has 5 nitrogen and oxygen atoms in total. The molecule has 7 heteroatoms. The van der Waals surface area contributed by atoms with Crippen LogP contribution in [0.1, 0.15) is 62.7 Å². The molecule has 0 atom stereocenters. The van der Waals surface area contributed by atoms with E-state index in [0.717, 1.165) is 42.3 Å². The predicted molar refractivity (Wildman–Crippen MR) is 105 cm³/mol. The molecule has 0 N–H and O–H groups in total. The first kappa shape index (κ1) is 17.3. The zero-order chi connectivity index (χ0) is 17.2. The number of aryl methyl sites for hydroxylation is 1. The van der Waals surface area contributed by atoms with Gasteiger partial charge in [-0.2, -0.15) is 0 Å². The quantitative estimate of drug-likeness (QED) is 0.632. The van der Waals surface area contributed by atoms with E-state index in [0.29, 0.717) is 6.04 Å². The second-order valence-corrected chi connectivity index (χ2v) is 9.42. The van der Waals surface area contributed by atoms with Crippen molar-refractivity contribution in [2.75, 3.05) is 18.0 Å². The topological polar surface area (TPSA) is 46.8 Å². The number of thiazole rings is 1. The van der Waals surface area contributed by atoms with Crippen molar-refractivity contribution in [2.45, 2.75) is 69.3 Å². The van der Waals surface area contributed by atoms with Gasteiger partial charge in [-0.1, -0.05) is 25.6 Å². The van der Waals surface area contributed by atoms with Gasteiger partial charge in [-0.15, -0.1) is 21.5 Å². The lowest BCUT2D eigenvalue weighted by molar-refractivity contribution is 0.585. The monoisotopic (exact) mass is 377 g/mol. The molecule has 2 aromatic heterocycles. The number of thioether (sulfide) groups is 1. The molecule has 4 rings (SSSR count). The Kier molecular flexibility index (Phi) is 5.31. The molecule has 0 spiro atoms. The number of aromatic nitrogens is 4. The lowest BCUT2D eigenvalue weighted by atomic mass is 10.1. The number of anilines is 1. The van der Waals surface area contributed by atoms with Crippen molar-refractivity contribution in [3.8, 4) is 0 Å². The van der Waals surface area contributed by atoms with Crippen molar-refractivity contribution < 1.29 is 0 Å². The van der Waals surface area contributed by atoms with Gasteiger partial charge in [-0.05, 0) is 44.4 Å². The summed E-state index contributed by atoms with van der Waals surface area (Å²) in [4.78, 5) is 7.21. The molecule has 2 aromatic rings. The molecule has 0 bridgehead atoms. The summed E-state index contributed by atoms with van der Waals surface area (Å²) in [7, 11) is 0. The molecule has 0 aromatic carbocycles. The predicted octanol–water partition coefficient (Wildman–Crippen LogP) is 4.55. The molecule has 1 aliphatic carbocycles. The van der Waals surface area contributed by atoms with Crippen LogP contribution in [0.2, 0.25) is 0 Å². The molecular weight excluding hydrogens is 350 g/mol. The number of rotatable bonds is 8. The highest BCUT2D eigenvalue weighted by Crippen LogP contribution is 2.41. The maximum absolute atomic E-state index is 4.80. The summed E-state index contributed by atoms with van der Waals surface area (Å²) in [5.74, 6) is 2.73. The fourth-order valence-corrected chi connectivity index (χ4v) is 5.05. The molecule has 1 aliphatic heterocycles. The van der Waals surface area contributed by atoms with Crippen molar-refractivity contribution >= 4 is 29.0 Å². The SMILES string of the molecule is CC(C)CCc1nc(CSc2nnc(N3CCCC3)n2C2CC2)cs1. The van der Waals surface area contributed by atoms with E-state index in [1.165, 1.54) is 42.8 Å². The van der Waals surface area contributed by atoms with Crippen LogP contribution in [0.25, 0.3) is 0 Å². The molecule has 0 amide bonds. The smallest absolute Gasteiger partial charge is 0.228 e. The Morgan fingerprint density at radius 2 is 2.04 bits per heavy atom. The van der Waals surface area contributed by atoms with Crippen molar-refractivity contribution in [1.82, 2.24) is 19.7 Å². The standard InChI is InChI=1S/C18H27N5S2/c1-13(2)5-8-16-19-14(11-24-16)12-25-18-21-20-17(22-9-3-4-10-22)23(18)15-6-7-15/h11,13,15H,3-10,12H2,1-2H3. The average molecular weight is 378 g/mol. The minimum Gasteiger partial charge on any atom is -0.341 e. The molecule has 25 heavy (non-hydrogen) atoms. The fourth-order valence-electron chi connectivity index (χ4n) is 3.23. The van der Waals surface area contributed by atoms with Gasteiger partial charge in [0.1, 0.15) is 0 Å². The summed E-state index contributed by atoms with van der Waals surface area (Å²) >= 11 is 3.59. The van der Waals surface area contributed by atoms with E-state index in [1.54, 1.807) is 23.1 Å². The number of hydrogen-bond donors (Lipinski definition) is 0. The largest absolute Gasteiger partial charge is 0.341 e. The van der Waals surface area contributed by atoms with Gasteiger partial charge in [-0.3, -0.25) is 4.57 Å². The molecule has 1 saturated heterocycles. The molecule has 0 radical (unpaired) electrons. The fraction of sp³-hybridized carbons (Fsp3) is 0.722. The summed E-state index contributed by atoms with van der Waals surface area (Å²) in [6.07, 6.45) is 7.40. The first-order chi connectivity index (χ1) is 12.2. The normalized spacial score (nSPS) is 17.8. The first-order valence-electron chi connectivity index (χ1n) is 9.46. The van der Waals surface area contributed by atoms with Gasteiger partial charge in [0.15, 0.2) is 5.16 Å². The Hall–Kier alpha value is -1.08. The zero-order valence-corrected chi connectivity index (χ0v) is 16.8. The van der Waals surface area contributed by atoms with Crippen LogP contribution in [-0.2, 0) is 12.2 Å². The Balaban J connectivity index is 1.41. The van der Waals surface area contributed by atoms with Gasteiger partial charge in [0.2, 0.25) is 5.95 Å². The maximum atomic E-state index is 4.80. The summed E-state index contributed by atoms with van der Waals surface area (Å²) < 4.78 is 2.39. The van der Waals surface area contributed by atoms with Gasteiger partial charge in [0, 0.05) is 30.3 Å². The van der Waals surface area contributed by atoms with E-state index < -0.39 is 0 Å². The van der Waals surface area contributed by atoms with E-state index in [1.807, 2.05) is 0 Å². The van der Waals surface area contributed by atoms with Gasteiger partial charge >= 0.3 is 0 Å². The Morgan fingerprint density at radius 1 is 1.24 bits per heavy atom. The Bertz CT molecular complexity index is 698. The molecule has 2 fully saturated rings. The molecule has 136 valence electrons. The van der Waals surface area contributed by atoms with Crippen LogP contribution in [0.5, 0.6) is 0 Å².